The van der Waals surface area contributed by atoms with Gasteiger partial charge in [-0.15, -0.1) is 23.7 Å². The summed E-state index contributed by atoms with van der Waals surface area (Å²) in [6.45, 7) is 2.11. The van der Waals surface area contributed by atoms with Crippen molar-refractivity contribution in [2.75, 3.05) is 5.43 Å². The Hall–Kier alpha value is -1.88. The average molecular weight is 390 g/mol. The number of anilines is 1. The highest BCUT2D eigenvalue weighted by Crippen LogP contribution is 2.27. The van der Waals surface area contributed by atoms with Crippen LogP contribution in [-0.2, 0) is 6.42 Å². The standard InChI is InChI=1S/C19H16ClN3S.ClH/c1-12-2-3-13-6-9-17(16(13)10-12)22-23-19-21-18(11-24-19)14-4-7-15(20)8-5-14;/h2-5,7-8,10-11H,6,9H2,1H3,(H,21,23);1H/b22-17+;. The zero-order valence-electron chi connectivity index (χ0n) is 13.6. The van der Waals surface area contributed by atoms with Gasteiger partial charge in [0.25, 0.3) is 0 Å². The molecule has 25 heavy (non-hydrogen) atoms. The van der Waals surface area contributed by atoms with Crippen LogP contribution < -0.4 is 5.43 Å². The number of fused-ring (bicyclic) bond motifs is 1. The maximum atomic E-state index is 5.93. The molecular formula is C19H17Cl2N3S. The lowest BCUT2D eigenvalue weighted by atomic mass is 10.1. The minimum Gasteiger partial charge on any atom is -0.252 e. The van der Waals surface area contributed by atoms with Crippen molar-refractivity contribution in [2.24, 2.45) is 5.10 Å². The summed E-state index contributed by atoms with van der Waals surface area (Å²) in [7, 11) is 0. The van der Waals surface area contributed by atoms with Gasteiger partial charge in [0.05, 0.1) is 11.4 Å². The van der Waals surface area contributed by atoms with E-state index in [0.29, 0.717) is 0 Å². The smallest absolute Gasteiger partial charge is 0.203 e. The van der Waals surface area contributed by atoms with E-state index in [1.165, 1.54) is 16.7 Å². The monoisotopic (exact) mass is 389 g/mol. The molecule has 0 fully saturated rings. The average Bonchev–Trinajstić information content (AvgIpc) is 3.20. The van der Waals surface area contributed by atoms with E-state index in [1.54, 1.807) is 11.3 Å². The minimum atomic E-state index is 0. The Morgan fingerprint density at radius 2 is 1.92 bits per heavy atom. The van der Waals surface area contributed by atoms with Gasteiger partial charge in [-0.05, 0) is 43.5 Å². The first-order valence-corrected chi connectivity index (χ1v) is 9.09. The first-order valence-electron chi connectivity index (χ1n) is 7.83. The van der Waals surface area contributed by atoms with Crippen LogP contribution in [0.15, 0.2) is 52.9 Å². The molecule has 0 aliphatic heterocycles. The molecule has 0 atom stereocenters. The lowest BCUT2D eigenvalue weighted by Crippen LogP contribution is -2.00. The molecule has 0 unspecified atom stereocenters. The van der Waals surface area contributed by atoms with Crippen molar-refractivity contribution in [2.45, 2.75) is 19.8 Å². The van der Waals surface area contributed by atoms with E-state index in [1.807, 2.05) is 29.6 Å². The van der Waals surface area contributed by atoms with Gasteiger partial charge in [-0.1, -0.05) is 41.4 Å². The number of halogens is 2. The topological polar surface area (TPSA) is 37.3 Å². The van der Waals surface area contributed by atoms with Gasteiger partial charge in [-0.2, -0.15) is 5.10 Å². The quantitative estimate of drug-likeness (QED) is 0.561. The zero-order chi connectivity index (χ0) is 16.5. The van der Waals surface area contributed by atoms with E-state index >= 15 is 0 Å². The third-order valence-corrected chi connectivity index (χ3v) is 5.14. The Kier molecular flexibility index (Phi) is 5.42. The Labute approximate surface area is 162 Å². The number of aryl methyl sites for hydroxylation is 2. The van der Waals surface area contributed by atoms with Gasteiger partial charge in [-0.3, -0.25) is 5.43 Å². The predicted molar refractivity (Wildman–Crippen MR) is 109 cm³/mol. The fraction of sp³-hybridized carbons (Fsp3) is 0.158. The van der Waals surface area contributed by atoms with Crippen molar-refractivity contribution in [3.05, 3.63) is 69.6 Å². The Morgan fingerprint density at radius 3 is 2.72 bits per heavy atom. The molecule has 2 aromatic carbocycles. The summed E-state index contributed by atoms with van der Waals surface area (Å²) in [4.78, 5) is 4.60. The number of thiazole rings is 1. The highest BCUT2D eigenvalue weighted by atomic mass is 35.5. The van der Waals surface area contributed by atoms with Gasteiger partial charge in [-0.25, -0.2) is 4.98 Å². The summed E-state index contributed by atoms with van der Waals surface area (Å²) in [5, 5.41) is 8.15. The summed E-state index contributed by atoms with van der Waals surface area (Å²) in [5.74, 6) is 0. The second-order valence-electron chi connectivity index (χ2n) is 5.88. The van der Waals surface area contributed by atoms with Crippen molar-refractivity contribution in [1.29, 1.82) is 0 Å². The summed E-state index contributed by atoms with van der Waals surface area (Å²) < 4.78 is 0. The third kappa shape index (κ3) is 3.87. The van der Waals surface area contributed by atoms with E-state index in [-0.39, 0.29) is 12.4 Å². The largest absolute Gasteiger partial charge is 0.252 e. The van der Waals surface area contributed by atoms with Gasteiger partial charge >= 0.3 is 0 Å². The van der Waals surface area contributed by atoms with Crippen LogP contribution in [0.1, 0.15) is 23.1 Å². The van der Waals surface area contributed by atoms with Gasteiger partial charge in [0.1, 0.15) is 0 Å². The van der Waals surface area contributed by atoms with Crippen LogP contribution >= 0.6 is 35.3 Å². The van der Waals surface area contributed by atoms with E-state index in [9.17, 15) is 0 Å². The number of nitrogens with one attached hydrogen (secondary N) is 1. The highest BCUT2D eigenvalue weighted by molar-refractivity contribution is 7.14. The first kappa shape index (κ1) is 17.9. The molecule has 3 nitrogen and oxygen atoms in total. The third-order valence-electron chi connectivity index (χ3n) is 4.14. The molecule has 1 aliphatic rings. The SMILES string of the molecule is Cc1ccc2c(c1)/C(=N/Nc1nc(-c3ccc(Cl)cc3)cs1)CC2.Cl. The number of hydrazone groups is 1. The molecule has 0 bridgehead atoms. The summed E-state index contributed by atoms with van der Waals surface area (Å²) in [5.41, 5.74) is 10.1. The van der Waals surface area contributed by atoms with E-state index < -0.39 is 0 Å². The maximum Gasteiger partial charge on any atom is 0.203 e. The maximum absolute atomic E-state index is 5.93. The van der Waals surface area contributed by atoms with Crippen LogP contribution in [0.25, 0.3) is 11.3 Å². The molecule has 0 saturated carbocycles. The van der Waals surface area contributed by atoms with Crippen molar-refractivity contribution >= 4 is 46.2 Å². The summed E-state index contributed by atoms with van der Waals surface area (Å²) in [6.07, 6.45) is 2.03. The second-order valence-corrected chi connectivity index (χ2v) is 7.17. The number of benzene rings is 2. The molecule has 128 valence electrons. The number of rotatable bonds is 3. The van der Waals surface area contributed by atoms with Crippen LogP contribution in [-0.4, -0.2) is 10.7 Å². The Bertz CT molecular complexity index is 917. The van der Waals surface area contributed by atoms with Crippen LogP contribution in [0, 0.1) is 6.92 Å². The van der Waals surface area contributed by atoms with E-state index in [2.05, 4.69) is 40.6 Å². The molecule has 0 radical (unpaired) electrons. The number of hydrogen-bond acceptors (Lipinski definition) is 4. The predicted octanol–water partition coefficient (Wildman–Crippen LogP) is 5.96. The molecule has 0 spiro atoms. The number of aromatic nitrogens is 1. The molecule has 0 saturated heterocycles. The van der Waals surface area contributed by atoms with Gasteiger partial charge in [0.15, 0.2) is 0 Å². The van der Waals surface area contributed by atoms with Crippen molar-refractivity contribution in [3.63, 3.8) is 0 Å². The van der Waals surface area contributed by atoms with Crippen molar-refractivity contribution in [1.82, 2.24) is 4.98 Å². The lowest BCUT2D eigenvalue weighted by molar-refractivity contribution is 1.09. The fourth-order valence-electron chi connectivity index (χ4n) is 2.87. The fourth-order valence-corrected chi connectivity index (χ4v) is 3.66. The molecule has 1 heterocycles. The number of hydrogen-bond donors (Lipinski definition) is 1. The first-order chi connectivity index (χ1) is 11.7. The minimum absolute atomic E-state index is 0. The van der Waals surface area contributed by atoms with Crippen LogP contribution in [0.4, 0.5) is 5.13 Å². The molecule has 1 N–H and O–H groups in total. The molecule has 6 heteroatoms. The zero-order valence-corrected chi connectivity index (χ0v) is 16.0. The van der Waals surface area contributed by atoms with Crippen molar-refractivity contribution in [3.8, 4) is 11.3 Å². The molecule has 0 amide bonds. The van der Waals surface area contributed by atoms with Gasteiger partial charge in [0, 0.05) is 21.5 Å². The number of nitrogens with zero attached hydrogens (tertiary/aromatic N) is 2. The Morgan fingerprint density at radius 1 is 1.12 bits per heavy atom. The van der Waals surface area contributed by atoms with Crippen molar-refractivity contribution < 1.29 is 0 Å². The molecule has 4 rings (SSSR count). The second kappa shape index (κ2) is 7.56. The highest BCUT2D eigenvalue weighted by Gasteiger charge is 2.17. The normalized spacial score (nSPS) is 14.2. The van der Waals surface area contributed by atoms with Crippen LogP contribution in [0.5, 0.6) is 0 Å². The van der Waals surface area contributed by atoms with Crippen LogP contribution in [0.2, 0.25) is 5.02 Å². The van der Waals surface area contributed by atoms with E-state index in [0.717, 1.165) is 40.0 Å². The van der Waals surface area contributed by atoms with Gasteiger partial charge in [0.2, 0.25) is 5.13 Å². The Balaban J connectivity index is 0.00000182. The molecule has 1 aromatic heterocycles. The van der Waals surface area contributed by atoms with Crippen LogP contribution in [0.3, 0.4) is 0 Å². The molecule has 1 aliphatic carbocycles. The summed E-state index contributed by atoms with van der Waals surface area (Å²) >= 11 is 7.49. The van der Waals surface area contributed by atoms with E-state index in [4.69, 9.17) is 11.6 Å². The molecule has 3 aromatic rings. The summed E-state index contributed by atoms with van der Waals surface area (Å²) in [6, 6.07) is 14.3. The van der Waals surface area contributed by atoms with Gasteiger partial charge < -0.3 is 0 Å². The molecular weight excluding hydrogens is 373 g/mol. The lowest BCUT2D eigenvalue weighted by Gasteiger charge is -2.02.